The van der Waals surface area contributed by atoms with Gasteiger partial charge in [0, 0.05) is 13.3 Å². The molecular weight excluding hydrogens is 292 g/mol. The van der Waals surface area contributed by atoms with Crippen molar-refractivity contribution in [3.63, 3.8) is 0 Å². The maximum Gasteiger partial charge on any atom is 0.302 e. The molecule has 0 bridgehead atoms. The van der Waals surface area contributed by atoms with E-state index in [1.807, 2.05) is 0 Å². The fourth-order valence-electron chi connectivity index (χ4n) is 3.53. The zero-order valence-electron chi connectivity index (χ0n) is 13.5. The van der Waals surface area contributed by atoms with Crippen molar-refractivity contribution in [1.82, 2.24) is 0 Å². The summed E-state index contributed by atoms with van der Waals surface area (Å²) in [6.45, 7) is 8.26. The number of hydrogen-bond donors (Lipinski definition) is 0. The summed E-state index contributed by atoms with van der Waals surface area (Å²) in [7, 11) is 0. The zero-order chi connectivity index (χ0) is 16.3. The summed E-state index contributed by atoms with van der Waals surface area (Å²) in [5, 5.41) is 0. The van der Waals surface area contributed by atoms with Crippen LogP contribution in [0.4, 0.5) is 0 Å². The van der Waals surface area contributed by atoms with E-state index in [0.29, 0.717) is 6.42 Å². The third-order valence-electron chi connectivity index (χ3n) is 4.12. The van der Waals surface area contributed by atoms with Gasteiger partial charge in [-0.15, -0.1) is 0 Å². The van der Waals surface area contributed by atoms with Gasteiger partial charge in [0.25, 0.3) is 0 Å². The van der Waals surface area contributed by atoms with Gasteiger partial charge >= 0.3 is 5.97 Å². The van der Waals surface area contributed by atoms with E-state index in [1.54, 1.807) is 27.7 Å². The summed E-state index contributed by atoms with van der Waals surface area (Å²) < 4.78 is 28.4. The van der Waals surface area contributed by atoms with Crippen molar-refractivity contribution in [3.8, 4) is 0 Å². The van der Waals surface area contributed by atoms with Gasteiger partial charge in [-0.25, -0.2) is 0 Å². The molecule has 7 nitrogen and oxygen atoms in total. The second-order valence-corrected chi connectivity index (χ2v) is 7.05. The molecule has 0 aromatic carbocycles. The molecule has 7 heteroatoms. The summed E-state index contributed by atoms with van der Waals surface area (Å²) in [4.78, 5) is 23.9. The Morgan fingerprint density at radius 2 is 1.86 bits per heavy atom. The van der Waals surface area contributed by atoms with Crippen molar-refractivity contribution < 1.29 is 33.3 Å². The van der Waals surface area contributed by atoms with Crippen LogP contribution in [0.5, 0.6) is 0 Å². The third kappa shape index (κ3) is 2.56. The van der Waals surface area contributed by atoms with Gasteiger partial charge in [-0.2, -0.15) is 0 Å². The van der Waals surface area contributed by atoms with Gasteiger partial charge in [0.15, 0.2) is 23.5 Å². The lowest BCUT2D eigenvalue weighted by molar-refractivity contribution is -0.190. The van der Waals surface area contributed by atoms with E-state index in [2.05, 4.69) is 0 Å². The molecule has 2 aliphatic heterocycles. The summed E-state index contributed by atoms with van der Waals surface area (Å²) in [5.41, 5.74) is -1.03. The van der Waals surface area contributed by atoms with Crippen LogP contribution in [0.3, 0.4) is 0 Å². The van der Waals surface area contributed by atoms with Crippen LogP contribution in [0.1, 0.15) is 41.0 Å². The molecule has 3 fully saturated rings. The SMILES string of the molecule is CC(=O)OC[C@@]12C[C@H]3OC(C)(C)OC3C(=O)[C@@H]1OC(C)(C)O2. The average molecular weight is 314 g/mol. The standard InChI is InChI=1S/C15H22O7/c1-8(16)18-7-15-6-9-11(20-13(2,3)19-9)10(17)12(15)21-14(4,5)22-15/h9,11-12H,6-7H2,1-5H3/t9-,11?,12+,15+/m1/s1. The van der Waals surface area contributed by atoms with Crippen molar-refractivity contribution in [3.05, 3.63) is 0 Å². The molecule has 1 aliphatic carbocycles. The molecule has 0 aromatic heterocycles. The third-order valence-corrected chi connectivity index (χ3v) is 4.12. The monoisotopic (exact) mass is 314 g/mol. The highest BCUT2D eigenvalue weighted by Gasteiger charge is 2.66. The molecule has 1 saturated carbocycles. The van der Waals surface area contributed by atoms with Gasteiger partial charge in [0.05, 0.1) is 6.10 Å². The Kier molecular flexibility index (Phi) is 3.41. The second kappa shape index (κ2) is 4.74. The Balaban J connectivity index is 1.91. The lowest BCUT2D eigenvalue weighted by Gasteiger charge is -2.38. The van der Waals surface area contributed by atoms with Crippen LogP contribution in [0.15, 0.2) is 0 Å². The number of carbonyl (C=O) groups is 2. The highest BCUT2D eigenvalue weighted by atomic mass is 16.8. The Labute approximate surface area is 129 Å². The Hall–Kier alpha value is -1.02. The maximum atomic E-state index is 12.8. The van der Waals surface area contributed by atoms with Crippen molar-refractivity contribution >= 4 is 11.8 Å². The summed E-state index contributed by atoms with van der Waals surface area (Å²) in [6, 6.07) is 0. The van der Waals surface area contributed by atoms with Crippen LogP contribution >= 0.6 is 0 Å². The molecule has 0 radical (unpaired) electrons. The first-order valence-electron chi connectivity index (χ1n) is 7.44. The number of fused-ring (bicyclic) bond motifs is 2. The number of rotatable bonds is 2. The topological polar surface area (TPSA) is 80.3 Å². The molecule has 124 valence electrons. The minimum absolute atomic E-state index is 0.0464. The second-order valence-electron chi connectivity index (χ2n) is 7.05. The van der Waals surface area contributed by atoms with Crippen molar-refractivity contribution in [2.24, 2.45) is 0 Å². The number of ketones is 1. The van der Waals surface area contributed by atoms with Gasteiger partial charge < -0.3 is 23.7 Å². The first kappa shape index (κ1) is 15.9. The van der Waals surface area contributed by atoms with Crippen molar-refractivity contribution in [1.29, 1.82) is 0 Å². The van der Waals surface area contributed by atoms with Crippen LogP contribution < -0.4 is 0 Å². The lowest BCUT2D eigenvalue weighted by atomic mass is 9.78. The molecule has 3 aliphatic rings. The molecule has 3 rings (SSSR count). The lowest BCUT2D eigenvalue weighted by Crippen LogP contribution is -2.60. The Morgan fingerprint density at radius 3 is 2.50 bits per heavy atom. The largest absolute Gasteiger partial charge is 0.463 e. The molecule has 0 N–H and O–H groups in total. The number of Topliss-reactive ketones (excluding diaryl/α,β-unsaturated/α-hetero) is 1. The van der Waals surface area contributed by atoms with Crippen LogP contribution in [-0.2, 0) is 33.3 Å². The molecule has 0 amide bonds. The molecule has 1 unspecified atom stereocenters. The van der Waals surface area contributed by atoms with E-state index < -0.39 is 41.5 Å². The zero-order valence-corrected chi connectivity index (χ0v) is 13.5. The van der Waals surface area contributed by atoms with E-state index in [0.717, 1.165) is 0 Å². The fourth-order valence-corrected chi connectivity index (χ4v) is 3.53. The first-order valence-corrected chi connectivity index (χ1v) is 7.44. The summed E-state index contributed by atoms with van der Waals surface area (Å²) >= 11 is 0. The molecule has 0 aromatic rings. The number of ether oxygens (including phenoxy) is 5. The van der Waals surface area contributed by atoms with E-state index in [9.17, 15) is 9.59 Å². The molecular formula is C15H22O7. The predicted molar refractivity (Wildman–Crippen MR) is 72.9 cm³/mol. The van der Waals surface area contributed by atoms with Crippen LogP contribution in [0, 0.1) is 0 Å². The normalized spacial score (nSPS) is 41.9. The molecule has 2 saturated heterocycles. The summed E-state index contributed by atoms with van der Waals surface area (Å²) in [6.07, 6.45) is -1.58. The molecule has 2 heterocycles. The van der Waals surface area contributed by atoms with Gasteiger partial charge in [-0.3, -0.25) is 9.59 Å². The fraction of sp³-hybridized carbons (Fsp3) is 0.867. The van der Waals surface area contributed by atoms with Gasteiger partial charge in [0.1, 0.15) is 18.3 Å². The Morgan fingerprint density at radius 1 is 1.18 bits per heavy atom. The quantitative estimate of drug-likeness (QED) is 0.701. The molecule has 4 atom stereocenters. The van der Waals surface area contributed by atoms with Gasteiger partial charge in [-0.05, 0) is 27.7 Å². The van der Waals surface area contributed by atoms with Crippen LogP contribution in [0.2, 0.25) is 0 Å². The van der Waals surface area contributed by atoms with E-state index >= 15 is 0 Å². The van der Waals surface area contributed by atoms with E-state index in [1.165, 1.54) is 6.92 Å². The van der Waals surface area contributed by atoms with Crippen LogP contribution in [-0.4, -0.2) is 53.8 Å². The average Bonchev–Trinajstić information content (AvgIpc) is 2.80. The number of hydrogen-bond acceptors (Lipinski definition) is 7. The van der Waals surface area contributed by atoms with E-state index in [-0.39, 0.29) is 12.4 Å². The highest BCUT2D eigenvalue weighted by molar-refractivity contribution is 5.91. The van der Waals surface area contributed by atoms with Crippen molar-refractivity contribution in [2.45, 2.75) is 76.5 Å². The Bertz CT molecular complexity index is 512. The minimum atomic E-state index is -1.03. The maximum absolute atomic E-state index is 12.8. The summed E-state index contributed by atoms with van der Waals surface area (Å²) in [5.74, 6) is -2.42. The number of carbonyl (C=O) groups excluding carboxylic acids is 2. The molecule has 0 spiro atoms. The highest BCUT2D eigenvalue weighted by Crippen LogP contribution is 2.48. The van der Waals surface area contributed by atoms with Gasteiger partial charge in [0.2, 0.25) is 0 Å². The van der Waals surface area contributed by atoms with Gasteiger partial charge in [-0.1, -0.05) is 0 Å². The van der Waals surface area contributed by atoms with Crippen molar-refractivity contribution in [2.75, 3.05) is 6.61 Å². The van der Waals surface area contributed by atoms with Crippen LogP contribution in [0.25, 0.3) is 0 Å². The molecule has 22 heavy (non-hydrogen) atoms. The minimum Gasteiger partial charge on any atom is -0.463 e. The van der Waals surface area contributed by atoms with E-state index in [4.69, 9.17) is 23.7 Å². The first-order chi connectivity index (χ1) is 10.0. The predicted octanol–water partition coefficient (Wildman–Crippen LogP) is 0.933. The number of esters is 1. The smallest absolute Gasteiger partial charge is 0.302 e.